The van der Waals surface area contributed by atoms with Crippen LogP contribution >= 0.6 is 0 Å². The number of nitrogens with zero attached hydrogens (tertiary/aromatic N) is 9. The van der Waals surface area contributed by atoms with Crippen molar-refractivity contribution in [3.8, 4) is 0 Å². The predicted molar refractivity (Wildman–Crippen MR) is 525 cm³/mol. The largest absolute Gasteiger partial charge is 0.360 e. The highest BCUT2D eigenvalue weighted by atomic mass is 19.1. The Balaban J connectivity index is 0.000000142. The molecule has 0 spiro atoms. The molecule has 10 N–H and O–H groups in total. The number of pyridine rings is 1. The van der Waals surface area contributed by atoms with Gasteiger partial charge in [0.05, 0.1) is 24.2 Å². The number of carbonyl (C=O) groups is 9. The van der Waals surface area contributed by atoms with Gasteiger partial charge in [-0.05, 0) is 224 Å². The van der Waals surface area contributed by atoms with E-state index < -0.39 is 0 Å². The lowest BCUT2D eigenvalue weighted by atomic mass is 9.81. The lowest BCUT2D eigenvalue weighted by molar-refractivity contribution is -0.133. The third-order valence-electron chi connectivity index (χ3n) is 27.9. The van der Waals surface area contributed by atoms with E-state index in [1.165, 1.54) is 49.8 Å². The molecule has 7 saturated carbocycles. The van der Waals surface area contributed by atoms with Crippen LogP contribution in [-0.2, 0) is 14.4 Å². The van der Waals surface area contributed by atoms with Crippen LogP contribution in [0.15, 0.2) is 143 Å². The lowest BCUT2D eigenvalue weighted by Crippen LogP contribution is -2.41. The van der Waals surface area contributed by atoms with Gasteiger partial charge in [-0.1, -0.05) is 161 Å². The zero-order valence-electron chi connectivity index (χ0n) is 83.6. The monoisotopic (exact) mass is 1930 g/mol. The minimum absolute atomic E-state index is 0.0556. The van der Waals surface area contributed by atoms with Gasteiger partial charge in [-0.3, -0.25) is 48.1 Å². The number of aromatic nitrogens is 7. The van der Waals surface area contributed by atoms with Crippen LogP contribution in [-0.4, -0.2) is 149 Å². The van der Waals surface area contributed by atoms with Crippen molar-refractivity contribution in [3.05, 3.63) is 207 Å². The molecule has 0 radical (unpaired) electrons. The van der Waals surface area contributed by atoms with Crippen LogP contribution < -0.4 is 38.5 Å². The van der Waals surface area contributed by atoms with E-state index >= 15 is 0 Å². The molecular formula is C108H147FN16O15. The number of Topliss-reactive ketones (excluding diaryl/α,β-unsaturated/α-hetero) is 3. The molecule has 8 atom stereocenters. The van der Waals surface area contributed by atoms with Crippen molar-refractivity contribution in [3.63, 3.8) is 0 Å². The first-order valence-corrected chi connectivity index (χ1v) is 51.2. The van der Waals surface area contributed by atoms with E-state index in [0.29, 0.717) is 132 Å². The molecule has 18 rings (SSSR count). The summed E-state index contributed by atoms with van der Waals surface area (Å²) in [6, 6.07) is 30.2. The lowest BCUT2D eigenvalue weighted by Gasteiger charge is -2.35. The molecule has 31 nitrogen and oxygen atoms in total. The molecule has 6 amide bonds. The SMILES string of the molecule is CC(C)(C)C(NC(=O)c1cc(C2CC2)on1)c1cccc(F)c1.CC(C)(C)C(NC(=O)c1cc(C2CC2)on1)c1cccnc1.CC(CC(=O)c1cc(C2CC2)on1)C1CCN(C(=O)C[C@@H](C)N)CC1.CC(CC(=O)c1cc(C2CC2)on1)C1CCN(C(=O)C[C@H](C)N)CC1.C[C@H](N)C(=O)CCCCCNC(=O)c1cc(C2CC2)on1.O=C(NC(c1ccccc1)C1CCCCC1)c1cc(C2CC2)on1. The van der Waals surface area contributed by atoms with Gasteiger partial charge in [-0.15, -0.1) is 0 Å². The maximum Gasteiger partial charge on any atom is 0.273 e. The summed E-state index contributed by atoms with van der Waals surface area (Å²) in [5.74, 6) is 9.12. The molecule has 756 valence electrons. The molecule has 7 aromatic heterocycles. The Morgan fingerprint density at radius 1 is 0.393 bits per heavy atom. The van der Waals surface area contributed by atoms with Gasteiger partial charge in [0.15, 0.2) is 34.3 Å². The number of nitrogens with two attached hydrogens (primary N) is 3. The third kappa shape index (κ3) is 32.5. The minimum atomic E-state index is -0.377. The van der Waals surface area contributed by atoms with Crippen molar-refractivity contribution in [1.29, 1.82) is 0 Å². The first-order valence-electron chi connectivity index (χ1n) is 51.2. The maximum absolute atomic E-state index is 13.5. The molecule has 2 saturated heterocycles. The Hall–Kier alpha value is -11.5. The van der Waals surface area contributed by atoms with E-state index in [4.69, 9.17) is 44.3 Å². The molecule has 9 aliphatic rings. The van der Waals surface area contributed by atoms with Gasteiger partial charge >= 0.3 is 0 Å². The summed E-state index contributed by atoms with van der Waals surface area (Å²) in [4.78, 5) is 118. The molecule has 9 heterocycles. The fourth-order valence-corrected chi connectivity index (χ4v) is 18.3. The number of carbonyl (C=O) groups excluding carboxylic acids is 9. The van der Waals surface area contributed by atoms with Gasteiger partial charge in [0, 0.05) is 161 Å². The summed E-state index contributed by atoms with van der Waals surface area (Å²) < 4.78 is 45.1. The first-order chi connectivity index (χ1) is 67.0. The van der Waals surface area contributed by atoms with Gasteiger partial charge in [-0.25, -0.2) is 4.39 Å². The number of hydrogen-bond acceptors (Lipinski definition) is 25. The Morgan fingerprint density at radius 3 is 1.12 bits per heavy atom. The van der Waals surface area contributed by atoms with Crippen LogP contribution in [0.3, 0.4) is 0 Å². The molecule has 2 aliphatic heterocycles. The van der Waals surface area contributed by atoms with Crippen molar-refractivity contribution >= 4 is 52.8 Å². The fourth-order valence-electron chi connectivity index (χ4n) is 18.3. The van der Waals surface area contributed by atoms with E-state index in [9.17, 15) is 47.5 Å². The molecule has 7 aliphatic carbocycles. The van der Waals surface area contributed by atoms with Gasteiger partial charge < -0.3 is 75.4 Å². The second-order valence-corrected chi connectivity index (χ2v) is 42.8. The summed E-state index contributed by atoms with van der Waals surface area (Å²) in [7, 11) is 0. The summed E-state index contributed by atoms with van der Waals surface area (Å²) in [5, 5.41) is 35.5. The molecular weight excluding hydrogens is 1780 g/mol. The van der Waals surface area contributed by atoms with Crippen LogP contribution in [0.2, 0.25) is 0 Å². The summed E-state index contributed by atoms with van der Waals surface area (Å²) in [6.07, 6.45) is 31.8. The average molecular weight is 1930 g/mol. The van der Waals surface area contributed by atoms with Crippen molar-refractivity contribution < 1.29 is 74.7 Å². The molecule has 0 bridgehead atoms. The van der Waals surface area contributed by atoms with E-state index in [1.54, 1.807) is 43.6 Å². The smallest absolute Gasteiger partial charge is 0.273 e. The number of amides is 6. The Morgan fingerprint density at radius 2 is 0.757 bits per heavy atom. The number of benzene rings is 2. The molecule has 5 unspecified atom stereocenters. The highest BCUT2D eigenvalue weighted by molar-refractivity contribution is 5.96. The zero-order chi connectivity index (χ0) is 99.9. The van der Waals surface area contributed by atoms with Crippen molar-refractivity contribution in [1.82, 2.24) is 67.0 Å². The maximum atomic E-state index is 13.5. The summed E-state index contributed by atoms with van der Waals surface area (Å²) >= 11 is 0. The molecule has 9 aromatic rings. The van der Waals surface area contributed by atoms with Gasteiger partial charge in [0.25, 0.3) is 23.6 Å². The number of ketones is 3. The minimum Gasteiger partial charge on any atom is -0.360 e. The first kappa shape index (κ1) is 106. The molecule has 32 heteroatoms. The van der Waals surface area contributed by atoms with Crippen molar-refractivity contribution in [2.24, 2.45) is 57.6 Å². The average Bonchev–Trinajstić information content (AvgIpc) is 1.66. The molecule has 9 fully saturated rings. The van der Waals surface area contributed by atoms with Gasteiger partial charge in [-0.2, -0.15) is 0 Å². The number of rotatable bonds is 36. The summed E-state index contributed by atoms with van der Waals surface area (Å²) in [5.41, 5.74) is 21.7. The number of halogens is 1. The normalized spacial score (nSPS) is 18.5. The van der Waals surface area contributed by atoms with Crippen molar-refractivity contribution in [2.45, 2.75) is 334 Å². The van der Waals surface area contributed by atoms with E-state index in [1.807, 2.05) is 99.0 Å². The van der Waals surface area contributed by atoms with Crippen LogP contribution in [0, 0.1) is 46.2 Å². The number of nitrogens with one attached hydrogen (secondary N) is 4. The third-order valence-corrected chi connectivity index (χ3v) is 27.9. The number of hydrogen-bond donors (Lipinski definition) is 7. The number of piperidine rings is 2. The topological polar surface area (TPSA) is 455 Å². The van der Waals surface area contributed by atoms with Crippen LogP contribution in [0.4, 0.5) is 4.39 Å². The van der Waals surface area contributed by atoms with Gasteiger partial charge in [0.1, 0.15) is 57.5 Å². The van der Waals surface area contributed by atoms with E-state index in [-0.39, 0.29) is 111 Å². The number of likely N-dealkylation sites (tertiary alicyclic amines) is 2. The fraction of sp³-hybridized carbons (Fsp3) is 0.593. The predicted octanol–water partition coefficient (Wildman–Crippen LogP) is 19.5. The highest BCUT2D eigenvalue weighted by Gasteiger charge is 2.40. The quantitative estimate of drug-likeness (QED) is 0.0142. The number of unbranched alkanes of at least 4 members (excludes halogenated alkanes) is 2. The Labute approximate surface area is 821 Å². The Kier molecular flexibility index (Phi) is 37.6. The van der Waals surface area contributed by atoms with Gasteiger partial charge in [0.2, 0.25) is 11.8 Å². The molecule has 140 heavy (non-hydrogen) atoms. The van der Waals surface area contributed by atoms with E-state index in [2.05, 4.69) is 104 Å². The zero-order valence-corrected chi connectivity index (χ0v) is 83.6. The second kappa shape index (κ2) is 49.7. The van der Waals surface area contributed by atoms with Crippen LogP contribution in [0.25, 0.3) is 0 Å². The van der Waals surface area contributed by atoms with Crippen LogP contribution in [0.5, 0.6) is 0 Å². The van der Waals surface area contributed by atoms with Crippen LogP contribution in [0.1, 0.15) is 430 Å². The second-order valence-electron chi connectivity index (χ2n) is 42.8. The highest BCUT2D eigenvalue weighted by Crippen LogP contribution is 2.46. The van der Waals surface area contributed by atoms with Crippen molar-refractivity contribution in [2.75, 3.05) is 32.7 Å². The standard InChI is InChI=1S/C20H24N2O2.2C19H29N3O3.C18H21FN2O2.C17H21N3O2.C15H23N3O3/c23-20(17-13-18(24-22-17)14-11-12-14)21-19(15-7-3-1-4-8-15)16-9-5-2-6-10-16;2*1-12(9-17(23)16-11-18(25-21-16)15-3-4-15)14-5-7-22(8-6-14)19(24)10-13(2)20;1-18(2,3)16(12-5-4-6-13(19)9-12)20-17(22)14-10-15(23-21-14)11-7-8-11;1-17(2,3)15(12-5-4-8-18-10-12)19-16(21)13-9-14(22-20-13)11-6-7-11;1-10(16)13(19)5-3-2-4-8-17-15(20)12-9-14(21-18-12)11-6-7-11/h1,3-4,7-8,13-14,16,19H,2,5-6,9-12H2,(H,21,23);2*11-15H,3-10,20H2,1-2H3;4-6,9-11,16H,7-8H2,1-3H3,(H,20,22);4-5,8-11,15H,6-7H2,1-3H3,(H,19,21);9-11H,2-8,16H2,1H3,(H,17,20)/t;2*12?,13-;;;10-/m.10..0/s1. The molecule has 2 aromatic carbocycles. The Bertz CT molecular complexity index is 5390. The summed E-state index contributed by atoms with van der Waals surface area (Å²) in [6.45, 7) is 25.6. The van der Waals surface area contributed by atoms with E-state index in [0.717, 1.165) is 194 Å².